The summed E-state index contributed by atoms with van der Waals surface area (Å²) in [7, 11) is 0. The van der Waals surface area contributed by atoms with E-state index >= 15 is 0 Å². The highest BCUT2D eigenvalue weighted by Crippen LogP contribution is 2.14. The Kier molecular flexibility index (Phi) is 5.11. The Morgan fingerprint density at radius 1 is 1.29 bits per heavy atom. The lowest BCUT2D eigenvalue weighted by Crippen LogP contribution is -2.29. The van der Waals surface area contributed by atoms with Gasteiger partial charge in [0, 0.05) is 17.3 Å². The van der Waals surface area contributed by atoms with E-state index in [1.54, 1.807) is 29.5 Å². The van der Waals surface area contributed by atoms with Crippen LogP contribution in [0, 0.1) is 5.92 Å². The Labute approximate surface area is 127 Å². The number of benzene rings is 1. The molecule has 0 fully saturated rings. The number of hydrogen-bond donors (Lipinski definition) is 2. The summed E-state index contributed by atoms with van der Waals surface area (Å²) in [5.74, 6) is -1.09. The third-order valence-corrected chi connectivity index (χ3v) is 4.07. The number of amides is 1. The Balaban J connectivity index is 1.88. The molecule has 2 N–H and O–H groups in total. The van der Waals surface area contributed by atoms with Gasteiger partial charge in [-0.2, -0.15) is 0 Å². The van der Waals surface area contributed by atoms with Crippen LogP contribution in [0.1, 0.15) is 27.7 Å². The zero-order valence-corrected chi connectivity index (χ0v) is 12.5. The van der Waals surface area contributed by atoms with Crippen LogP contribution < -0.4 is 5.32 Å². The number of carbonyl (C=O) groups excluding carboxylic acids is 1. The summed E-state index contributed by atoms with van der Waals surface area (Å²) in [5, 5.41) is 13.8. The fraction of sp³-hybridized carbons (Fsp3) is 0.250. The van der Waals surface area contributed by atoms with E-state index in [0.717, 1.165) is 12.0 Å². The summed E-state index contributed by atoms with van der Waals surface area (Å²) in [6.07, 6.45) is 0.721. The van der Waals surface area contributed by atoms with Crippen molar-refractivity contribution in [3.63, 3.8) is 0 Å². The van der Waals surface area contributed by atoms with Crippen LogP contribution in [-0.2, 0) is 17.8 Å². The van der Waals surface area contributed by atoms with Gasteiger partial charge in [-0.25, -0.2) is 4.79 Å². The normalized spacial score (nSPS) is 11.9. The van der Waals surface area contributed by atoms with Crippen molar-refractivity contribution < 1.29 is 14.7 Å². The number of thiophene rings is 1. The number of hydrogen-bond acceptors (Lipinski definition) is 3. The largest absolute Gasteiger partial charge is 0.478 e. The van der Waals surface area contributed by atoms with Crippen LogP contribution in [0.25, 0.3) is 0 Å². The van der Waals surface area contributed by atoms with Gasteiger partial charge in [-0.15, -0.1) is 11.3 Å². The van der Waals surface area contributed by atoms with Crippen molar-refractivity contribution >= 4 is 23.2 Å². The minimum absolute atomic E-state index is 0.0240. The van der Waals surface area contributed by atoms with Crippen LogP contribution in [0.3, 0.4) is 0 Å². The molecule has 0 aliphatic rings. The van der Waals surface area contributed by atoms with Gasteiger partial charge in [-0.1, -0.05) is 25.1 Å². The minimum atomic E-state index is -0.964. The molecule has 1 heterocycles. The molecule has 2 aromatic rings. The third-order valence-electron chi connectivity index (χ3n) is 3.18. The topological polar surface area (TPSA) is 66.4 Å². The monoisotopic (exact) mass is 303 g/mol. The van der Waals surface area contributed by atoms with Crippen molar-refractivity contribution in [2.24, 2.45) is 5.92 Å². The summed E-state index contributed by atoms with van der Waals surface area (Å²) in [5.41, 5.74) is 1.01. The number of carbonyl (C=O) groups is 2. The summed E-state index contributed by atoms with van der Waals surface area (Å²) in [4.78, 5) is 24.1. The second kappa shape index (κ2) is 7.04. The van der Waals surface area contributed by atoms with Crippen molar-refractivity contribution in [1.29, 1.82) is 0 Å². The Hall–Kier alpha value is -2.14. The molecule has 0 bridgehead atoms. The molecule has 0 saturated heterocycles. The molecule has 21 heavy (non-hydrogen) atoms. The van der Waals surface area contributed by atoms with Crippen LogP contribution in [0.15, 0.2) is 41.8 Å². The molecule has 1 atom stereocenters. The van der Waals surface area contributed by atoms with Gasteiger partial charge in [-0.05, 0) is 35.6 Å². The summed E-state index contributed by atoms with van der Waals surface area (Å²) in [6, 6.07) is 10.6. The molecule has 5 heteroatoms. The molecule has 0 aliphatic heterocycles. The maximum Gasteiger partial charge on any atom is 0.335 e. The van der Waals surface area contributed by atoms with Crippen LogP contribution >= 0.6 is 11.3 Å². The predicted octanol–water partition coefficient (Wildman–Crippen LogP) is 2.94. The first-order chi connectivity index (χ1) is 10.1. The van der Waals surface area contributed by atoms with E-state index in [1.165, 1.54) is 10.9 Å². The molecule has 4 nitrogen and oxygen atoms in total. The highest BCUT2D eigenvalue weighted by Gasteiger charge is 2.14. The highest BCUT2D eigenvalue weighted by molar-refractivity contribution is 7.09. The molecule has 1 amide bonds. The molecular weight excluding hydrogens is 286 g/mol. The third kappa shape index (κ3) is 4.43. The van der Waals surface area contributed by atoms with Crippen molar-refractivity contribution in [3.8, 4) is 0 Å². The molecule has 2 rings (SSSR count). The molecular formula is C16H17NO3S. The zero-order valence-electron chi connectivity index (χ0n) is 11.7. The molecule has 1 aromatic heterocycles. The Bertz CT molecular complexity index is 622. The standard InChI is InChI=1S/C16H17NO3S/c1-11(8-14-6-3-7-21-14)15(18)17-10-12-4-2-5-13(9-12)16(19)20/h2-7,9,11H,8,10H2,1H3,(H,17,18)(H,19,20). The Morgan fingerprint density at radius 3 is 2.76 bits per heavy atom. The zero-order chi connectivity index (χ0) is 15.2. The molecule has 0 spiro atoms. The quantitative estimate of drug-likeness (QED) is 0.862. The Morgan fingerprint density at radius 2 is 2.10 bits per heavy atom. The van der Waals surface area contributed by atoms with Crippen molar-refractivity contribution in [2.45, 2.75) is 19.9 Å². The molecule has 0 radical (unpaired) electrons. The average Bonchev–Trinajstić information content (AvgIpc) is 2.97. The SMILES string of the molecule is CC(Cc1cccs1)C(=O)NCc1cccc(C(=O)O)c1. The van der Waals surface area contributed by atoms with Gasteiger partial charge >= 0.3 is 5.97 Å². The summed E-state index contributed by atoms with van der Waals surface area (Å²) < 4.78 is 0. The first-order valence-electron chi connectivity index (χ1n) is 6.68. The lowest BCUT2D eigenvalue weighted by Gasteiger charge is -2.11. The number of rotatable bonds is 6. The van der Waals surface area contributed by atoms with Gasteiger partial charge in [0.15, 0.2) is 0 Å². The van der Waals surface area contributed by atoms with Gasteiger partial charge in [0.1, 0.15) is 0 Å². The molecule has 0 saturated carbocycles. The van der Waals surface area contributed by atoms with Crippen LogP contribution in [-0.4, -0.2) is 17.0 Å². The molecule has 0 aliphatic carbocycles. The van der Waals surface area contributed by atoms with Gasteiger partial charge in [0.05, 0.1) is 5.56 Å². The summed E-state index contributed by atoms with van der Waals surface area (Å²) >= 11 is 1.64. The van der Waals surface area contributed by atoms with E-state index in [4.69, 9.17) is 5.11 Å². The van der Waals surface area contributed by atoms with E-state index in [2.05, 4.69) is 5.32 Å². The number of nitrogens with one attached hydrogen (secondary N) is 1. The smallest absolute Gasteiger partial charge is 0.335 e. The molecule has 110 valence electrons. The van der Waals surface area contributed by atoms with E-state index in [0.29, 0.717) is 6.54 Å². The van der Waals surface area contributed by atoms with Gasteiger partial charge in [0.25, 0.3) is 0 Å². The van der Waals surface area contributed by atoms with Crippen LogP contribution in [0.2, 0.25) is 0 Å². The fourth-order valence-corrected chi connectivity index (χ4v) is 2.84. The summed E-state index contributed by atoms with van der Waals surface area (Å²) in [6.45, 7) is 2.23. The predicted molar refractivity (Wildman–Crippen MR) is 82.4 cm³/mol. The second-order valence-electron chi connectivity index (χ2n) is 4.91. The van der Waals surface area contributed by atoms with Gasteiger partial charge < -0.3 is 10.4 Å². The average molecular weight is 303 g/mol. The van der Waals surface area contributed by atoms with Crippen LogP contribution in [0.5, 0.6) is 0 Å². The molecule has 1 unspecified atom stereocenters. The number of carboxylic acid groups (broad SMARTS) is 1. The van der Waals surface area contributed by atoms with E-state index < -0.39 is 5.97 Å². The highest BCUT2D eigenvalue weighted by atomic mass is 32.1. The van der Waals surface area contributed by atoms with E-state index in [1.807, 2.05) is 24.4 Å². The van der Waals surface area contributed by atoms with Crippen molar-refractivity contribution in [1.82, 2.24) is 5.32 Å². The van der Waals surface area contributed by atoms with Gasteiger partial charge in [0.2, 0.25) is 5.91 Å². The number of carboxylic acids is 1. The van der Waals surface area contributed by atoms with Gasteiger partial charge in [-0.3, -0.25) is 4.79 Å². The maximum absolute atomic E-state index is 12.0. The van der Waals surface area contributed by atoms with Crippen molar-refractivity contribution in [3.05, 3.63) is 57.8 Å². The van der Waals surface area contributed by atoms with E-state index in [-0.39, 0.29) is 17.4 Å². The van der Waals surface area contributed by atoms with E-state index in [9.17, 15) is 9.59 Å². The first-order valence-corrected chi connectivity index (χ1v) is 7.56. The second-order valence-corrected chi connectivity index (χ2v) is 5.94. The lowest BCUT2D eigenvalue weighted by atomic mass is 10.1. The van der Waals surface area contributed by atoms with Crippen molar-refractivity contribution in [2.75, 3.05) is 0 Å². The lowest BCUT2D eigenvalue weighted by molar-refractivity contribution is -0.124. The fourth-order valence-electron chi connectivity index (χ4n) is 2.00. The van der Waals surface area contributed by atoms with Crippen LogP contribution in [0.4, 0.5) is 0 Å². The number of aromatic carboxylic acids is 1. The minimum Gasteiger partial charge on any atom is -0.478 e. The maximum atomic E-state index is 12.0. The molecule has 1 aromatic carbocycles. The first kappa shape index (κ1) is 15.3.